The first kappa shape index (κ1) is 10.5. The number of rotatable bonds is 3. The van der Waals surface area contributed by atoms with E-state index >= 15 is 0 Å². The average molecular weight is 314 g/mol. The van der Waals surface area contributed by atoms with Gasteiger partial charge in [0.05, 0.1) is 16.4 Å². The Morgan fingerprint density at radius 2 is 2.07 bits per heavy atom. The first-order chi connectivity index (χ1) is 7.29. The standard InChI is InChI=1S/C11H11IN2O/c1-15-9-4-2-8(3-5-9)6-11-10(12)7-13-14-11/h2-5,7H,6H2,1H3,(H,13,14). The quantitative estimate of drug-likeness (QED) is 0.885. The molecule has 0 atom stereocenters. The molecule has 0 unspecified atom stereocenters. The van der Waals surface area contributed by atoms with Crippen LogP contribution in [0.1, 0.15) is 11.3 Å². The summed E-state index contributed by atoms with van der Waals surface area (Å²) in [5, 5.41) is 7.05. The second-order valence-electron chi connectivity index (χ2n) is 3.20. The Balaban J connectivity index is 2.14. The highest BCUT2D eigenvalue weighted by atomic mass is 127. The molecule has 0 spiro atoms. The van der Waals surface area contributed by atoms with Gasteiger partial charge in [-0.05, 0) is 40.3 Å². The van der Waals surface area contributed by atoms with Crippen LogP contribution >= 0.6 is 22.6 Å². The maximum Gasteiger partial charge on any atom is 0.118 e. The van der Waals surface area contributed by atoms with Gasteiger partial charge >= 0.3 is 0 Å². The predicted molar refractivity (Wildman–Crippen MR) is 67.1 cm³/mol. The van der Waals surface area contributed by atoms with E-state index in [1.165, 1.54) is 9.13 Å². The fraction of sp³-hybridized carbons (Fsp3) is 0.182. The van der Waals surface area contributed by atoms with Crippen LogP contribution in [0.25, 0.3) is 0 Å². The number of H-pyrrole nitrogens is 1. The van der Waals surface area contributed by atoms with Gasteiger partial charge in [-0.3, -0.25) is 5.10 Å². The van der Waals surface area contributed by atoms with E-state index in [-0.39, 0.29) is 0 Å². The zero-order valence-electron chi connectivity index (χ0n) is 8.33. The molecule has 0 aliphatic heterocycles. The summed E-state index contributed by atoms with van der Waals surface area (Å²) >= 11 is 2.28. The summed E-state index contributed by atoms with van der Waals surface area (Å²) in [6, 6.07) is 8.05. The molecule has 1 N–H and O–H groups in total. The number of hydrogen-bond acceptors (Lipinski definition) is 2. The Morgan fingerprint density at radius 1 is 1.33 bits per heavy atom. The molecule has 0 aliphatic carbocycles. The van der Waals surface area contributed by atoms with E-state index in [4.69, 9.17) is 4.74 Å². The highest BCUT2D eigenvalue weighted by Crippen LogP contribution is 2.16. The van der Waals surface area contributed by atoms with Crippen molar-refractivity contribution in [2.45, 2.75) is 6.42 Å². The smallest absolute Gasteiger partial charge is 0.118 e. The van der Waals surface area contributed by atoms with Crippen LogP contribution in [0.4, 0.5) is 0 Å². The largest absolute Gasteiger partial charge is 0.497 e. The van der Waals surface area contributed by atoms with Crippen LogP contribution in [0.3, 0.4) is 0 Å². The molecule has 0 amide bonds. The van der Waals surface area contributed by atoms with Crippen molar-refractivity contribution in [2.24, 2.45) is 0 Å². The topological polar surface area (TPSA) is 37.9 Å². The molecule has 0 radical (unpaired) electrons. The van der Waals surface area contributed by atoms with E-state index in [0.717, 1.165) is 17.9 Å². The minimum absolute atomic E-state index is 0.853. The molecule has 0 saturated carbocycles. The zero-order valence-corrected chi connectivity index (χ0v) is 10.5. The Labute approximate surface area is 102 Å². The molecule has 2 aromatic rings. The van der Waals surface area contributed by atoms with Crippen LogP contribution in [0.5, 0.6) is 5.75 Å². The third-order valence-corrected chi connectivity index (χ3v) is 3.13. The molecule has 1 aromatic carbocycles. The molecule has 3 nitrogen and oxygen atoms in total. The van der Waals surface area contributed by atoms with Gasteiger partial charge in [-0.25, -0.2) is 0 Å². The Bertz CT molecular complexity index is 436. The lowest BCUT2D eigenvalue weighted by atomic mass is 10.1. The van der Waals surface area contributed by atoms with Gasteiger partial charge in [-0.2, -0.15) is 5.10 Å². The SMILES string of the molecule is COc1ccc(Cc2n[nH]cc2I)cc1. The van der Waals surface area contributed by atoms with Gasteiger partial charge in [0.1, 0.15) is 5.75 Å². The number of nitrogens with zero attached hydrogens (tertiary/aromatic N) is 1. The van der Waals surface area contributed by atoms with Crippen LogP contribution in [-0.4, -0.2) is 17.3 Å². The Morgan fingerprint density at radius 3 is 2.60 bits per heavy atom. The van der Waals surface area contributed by atoms with Crippen LogP contribution in [-0.2, 0) is 6.42 Å². The van der Waals surface area contributed by atoms with Crippen molar-refractivity contribution in [3.8, 4) is 5.75 Å². The summed E-state index contributed by atoms with van der Waals surface area (Å²) < 4.78 is 6.27. The summed E-state index contributed by atoms with van der Waals surface area (Å²) in [7, 11) is 1.67. The lowest BCUT2D eigenvalue weighted by Crippen LogP contribution is -1.91. The number of methoxy groups -OCH3 is 1. The number of nitrogens with one attached hydrogen (secondary N) is 1. The molecule has 4 heteroatoms. The normalized spacial score (nSPS) is 10.3. The second kappa shape index (κ2) is 4.65. The lowest BCUT2D eigenvalue weighted by molar-refractivity contribution is 0.414. The van der Waals surface area contributed by atoms with E-state index in [9.17, 15) is 0 Å². The second-order valence-corrected chi connectivity index (χ2v) is 4.37. The number of ether oxygens (including phenoxy) is 1. The molecule has 1 heterocycles. The summed E-state index contributed by atoms with van der Waals surface area (Å²) in [5.41, 5.74) is 2.32. The summed E-state index contributed by atoms with van der Waals surface area (Å²) in [5.74, 6) is 0.885. The zero-order chi connectivity index (χ0) is 10.7. The van der Waals surface area contributed by atoms with Crippen LogP contribution in [0.15, 0.2) is 30.5 Å². The van der Waals surface area contributed by atoms with Crippen LogP contribution in [0, 0.1) is 3.57 Å². The van der Waals surface area contributed by atoms with Gasteiger partial charge in [0.25, 0.3) is 0 Å². The highest BCUT2D eigenvalue weighted by molar-refractivity contribution is 14.1. The summed E-state index contributed by atoms with van der Waals surface area (Å²) in [6.07, 6.45) is 2.76. The fourth-order valence-corrected chi connectivity index (χ4v) is 1.81. The highest BCUT2D eigenvalue weighted by Gasteiger charge is 2.03. The van der Waals surface area contributed by atoms with Crippen LogP contribution < -0.4 is 4.74 Å². The first-order valence-corrected chi connectivity index (χ1v) is 5.68. The maximum absolute atomic E-state index is 5.10. The molecule has 15 heavy (non-hydrogen) atoms. The van der Waals surface area contributed by atoms with Crippen molar-refractivity contribution in [1.82, 2.24) is 10.2 Å². The molecular formula is C11H11IN2O. The van der Waals surface area contributed by atoms with Crippen molar-refractivity contribution < 1.29 is 4.74 Å². The van der Waals surface area contributed by atoms with Gasteiger partial charge < -0.3 is 4.74 Å². The molecule has 1 aromatic heterocycles. The van der Waals surface area contributed by atoms with Gasteiger partial charge in [-0.1, -0.05) is 12.1 Å². The number of benzene rings is 1. The minimum atomic E-state index is 0.853. The molecule has 78 valence electrons. The number of hydrogen-bond donors (Lipinski definition) is 1. The molecule has 2 rings (SSSR count). The van der Waals surface area contributed by atoms with E-state index in [1.54, 1.807) is 7.11 Å². The Kier molecular flexibility index (Phi) is 3.25. The van der Waals surface area contributed by atoms with Gasteiger partial charge in [0.15, 0.2) is 0 Å². The van der Waals surface area contributed by atoms with E-state index in [1.807, 2.05) is 18.3 Å². The van der Waals surface area contributed by atoms with Gasteiger partial charge in [0, 0.05) is 12.6 Å². The summed E-state index contributed by atoms with van der Waals surface area (Å²) in [6.45, 7) is 0. The molecule has 0 fully saturated rings. The van der Waals surface area contributed by atoms with Crippen molar-refractivity contribution in [2.75, 3.05) is 7.11 Å². The number of halogens is 1. The average Bonchev–Trinajstić information content (AvgIpc) is 2.66. The maximum atomic E-state index is 5.10. The van der Waals surface area contributed by atoms with Gasteiger partial charge in [0.2, 0.25) is 0 Å². The number of aromatic nitrogens is 2. The minimum Gasteiger partial charge on any atom is -0.497 e. The molecule has 0 bridgehead atoms. The van der Waals surface area contributed by atoms with E-state index < -0.39 is 0 Å². The van der Waals surface area contributed by atoms with Crippen LogP contribution in [0.2, 0.25) is 0 Å². The third-order valence-electron chi connectivity index (χ3n) is 2.20. The first-order valence-electron chi connectivity index (χ1n) is 4.60. The molecular weight excluding hydrogens is 303 g/mol. The van der Waals surface area contributed by atoms with Crippen molar-refractivity contribution in [3.05, 3.63) is 45.3 Å². The Hall–Kier alpha value is -1.04. The predicted octanol–water partition coefficient (Wildman–Crippen LogP) is 2.61. The van der Waals surface area contributed by atoms with Crippen molar-refractivity contribution in [1.29, 1.82) is 0 Å². The lowest BCUT2D eigenvalue weighted by Gasteiger charge is -2.01. The molecule has 0 aliphatic rings. The molecule has 0 saturated heterocycles. The van der Waals surface area contributed by atoms with Crippen molar-refractivity contribution in [3.63, 3.8) is 0 Å². The van der Waals surface area contributed by atoms with E-state index in [2.05, 4.69) is 44.9 Å². The number of aromatic amines is 1. The fourth-order valence-electron chi connectivity index (χ4n) is 1.36. The summed E-state index contributed by atoms with van der Waals surface area (Å²) in [4.78, 5) is 0. The van der Waals surface area contributed by atoms with E-state index in [0.29, 0.717) is 0 Å². The third kappa shape index (κ3) is 2.50. The monoisotopic (exact) mass is 314 g/mol. The van der Waals surface area contributed by atoms with Crippen molar-refractivity contribution >= 4 is 22.6 Å². The van der Waals surface area contributed by atoms with Gasteiger partial charge in [-0.15, -0.1) is 0 Å².